The van der Waals surface area contributed by atoms with Crippen molar-refractivity contribution in [2.45, 2.75) is 279 Å². The first-order valence-corrected chi connectivity index (χ1v) is 40.7. The van der Waals surface area contributed by atoms with E-state index in [1.165, 1.54) is 27.7 Å². The Morgan fingerprint density at radius 1 is 0.368 bits per heavy atom. The van der Waals surface area contributed by atoms with E-state index < -0.39 is 117 Å². The zero-order valence-corrected chi connectivity index (χ0v) is 77.8. The Labute approximate surface area is 794 Å². The fourth-order valence-corrected chi connectivity index (χ4v) is 15.1. The van der Waals surface area contributed by atoms with Crippen LogP contribution in [-0.2, 0) is 223 Å². The molecule has 8 N–H and O–H groups in total. The second-order valence-electron chi connectivity index (χ2n) is 29.0. The number of fused-ring (bicyclic) bond motifs is 12. The predicted molar refractivity (Wildman–Crippen MR) is 435 cm³/mol. The van der Waals surface area contributed by atoms with Crippen molar-refractivity contribution in [3.8, 4) is 0 Å². The Morgan fingerprint density at radius 2 is 0.609 bits per heavy atom. The molecule has 15 rings (SSSR count). The summed E-state index contributed by atoms with van der Waals surface area (Å²) in [5, 5.41) is 58.7. The summed E-state index contributed by atoms with van der Waals surface area (Å²) in [7, 11) is 0. The van der Waals surface area contributed by atoms with Gasteiger partial charge in [-0.1, -0.05) is 101 Å². The van der Waals surface area contributed by atoms with E-state index in [-0.39, 0.29) is 185 Å². The minimum absolute atomic E-state index is 0. The van der Waals surface area contributed by atoms with Gasteiger partial charge in [0, 0.05) is 106 Å². The van der Waals surface area contributed by atoms with Crippen LogP contribution in [0.15, 0.2) is 101 Å². The molecule has 12 aliphatic rings. The van der Waals surface area contributed by atoms with Crippen LogP contribution in [-0.4, -0.2) is 331 Å². The van der Waals surface area contributed by atoms with Crippen LogP contribution in [0.3, 0.4) is 0 Å². The normalized spacial score (nSPS) is 32.1. The molecule has 50 heteroatoms. The van der Waals surface area contributed by atoms with Gasteiger partial charge in [0.15, 0.2) is 37.7 Å². The van der Waals surface area contributed by atoms with E-state index in [1.54, 1.807) is 0 Å². The van der Waals surface area contributed by atoms with E-state index in [1.807, 2.05) is 133 Å². The second-order valence-corrected chi connectivity index (χ2v) is 29.0. The molecule has 12 unspecified atom stereocenters. The molecule has 12 bridgehead atoms. The van der Waals surface area contributed by atoms with Gasteiger partial charge >= 0.3 is 30.8 Å². The first-order valence-electron chi connectivity index (χ1n) is 40.7. The van der Waals surface area contributed by atoms with Crippen molar-refractivity contribution in [3.05, 3.63) is 143 Å². The van der Waals surface area contributed by atoms with Gasteiger partial charge in [-0.25, -0.2) is 0 Å². The van der Waals surface area contributed by atoms with E-state index in [2.05, 4.69) is 41.3 Å². The summed E-state index contributed by atoms with van der Waals surface area (Å²) in [6, 6.07) is 26.4. The molecule has 30 atom stereocenters. The summed E-state index contributed by atoms with van der Waals surface area (Å²) in [4.78, 5) is 132. The summed E-state index contributed by atoms with van der Waals surface area (Å²) in [5.41, 5.74) is 20.5. The van der Waals surface area contributed by atoms with Gasteiger partial charge < -0.3 is 151 Å². The number of aliphatic hydroxyl groups is 4. The molecule has 0 aromatic heterocycles. The van der Waals surface area contributed by atoms with Crippen LogP contribution in [0.5, 0.6) is 0 Å². The van der Waals surface area contributed by atoms with E-state index in [4.69, 9.17) is 154 Å². The van der Waals surface area contributed by atoms with E-state index in [0.717, 1.165) is 16.7 Å². The first-order chi connectivity index (χ1) is 62.1. The number of nitrogens with one attached hydrogen (secondary N) is 4. The summed E-state index contributed by atoms with van der Waals surface area (Å²) in [6.07, 6.45) is -10.4. The topological polar surface area (TPSA) is 650 Å². The molecule has 0 radical (unpaired) electrons. The number of carbonyl (C=O) groups is 4. The van der Waals surface area contributed by atoms with Gasteiger partial charge in [-0.15, -0.1) is 0 Å². The zero-order chi connectivity index (χ0) is 95.1. The smallest absolute Gasteiger partial charge is 0.373 e. The minimum Gasteiger partial charge on any atom is -0.390 e. The maximum Gasteiger partial charge on any atom is 0.373 e. The molecule has 750 valence electrons. The molecular formula is C83H118N10O38Pd2-2. The zero-order valence-electron chi connectivity index (χ0n) is 74.7. The van der Waals surface area contributed by atoms with Gasteiger partial charge in [0.25, 0.3) is 0 Å². The third-order valence-electron chi connectivity index (χ3n) is 20.0. The van der Waals surface area contributed by atoms with E-state index >= 15 is 0 Å². The standard InChI is InChI=1S/C17H23NO5.C15H19N3O4.C13H15N3O4.C11H19NO5.2C10H17NO5.5CO2.2CH3.2Pd.H2/c1-3-20-16-14(18-11(2)19)17-22-10-13(23-17)15(16)21-9-12-7-5-4-6-8-12;1-2-19-14-12(17-18-16)15-21-9-11(22-15)13(14)20-8-10-6-4-3-5-7-10;14-16-15-10-11(17)12(9-7-19-13(10)20-9)18-6-8-4-2-1-3-5-8;1-5(2)16-10-8(12-6(3)13)11-15-4-7(17-11)9(10)14;2*1-3-14-9-7(11-5(2)12)10-15-4-6(16-10)8(9)13;5*2-1-3;;;;;/h4-8,13-17H,3,9-10H2,1-2H3,(H,18,19);3-7,11-15H,2,8-9H2,1H3;1-5,9-13,17H,6-7H2;5,7-11,14H,4H2,1-3H3,(H,12,13);2*6-10,13H,3-4H2,1-2H3,(H,11,12);;;;;;2*1H3;;;1H/q;;;;;;;;;;;2*-1;;;/t13?,14?,15-,16+,17-;11?,12?,13-,14+,15-;9?,10?,11-,12+,13+;7?,8?,9-,10+,11-;2*6?,7?,8-,9+,10-;;;;;;;;;;/m110111........../s1. The molecule has 48 nitrogen and oxygen atoms in total. The third-order valence-corrected chi connectivity index (χ3v) is 20.0. The van der Waals surface area contributed by atoms with Crippen LogP contribution < -0.4 is 21.3 Å². The van der Waals surface area contributed by atoms with Crippen molar-refractivity contribution in [1.29, 1.82) is 0 Å². The molecule has 12 heterocycles. The Morgan fingerprint density at radius 3 is 0.925 bits per heavy atom. The number of carbonyl (C=O) groups excluding carboxylic acids is 14. The number of aliphatic hydroxyl groups excluding tert-OH is 4. The van der Waals surface area contributed by atoms with Crippen LogP contribution in [0.25, 0.3) is 20.9 Å². The first kappa shape index (κ1) is 122. The van der Waals surface area contributed by atoms with Gasteiger partial charge in [-0.2, -0.15) is 47.9 Å². The third kappa shape index (κ3) is 38.1. The number of nitrogens with zero attached hydrogens (tertiary/aromatic N) is 6. The molecule has 3 aromatic carbocycles. The molecule has 12 aliphatic heterocycles. The average molecular weight is 2080 g/mol. The number of hydrogen-bond acceptors (Lipinski definition) is 40. The molecule has 133 heavy (non-hydrogen) atoms. The quantitative estimate of drug-likeness (QED) is 0.0190. The summed E-state index contributed by atoms with van der Waals surface area (Å²) >= 11 is 0. The van der Waals surface area contributed by atoms with Crippen molar-refractivity contribution in [1.82, 2.24) is 21.3 Å². The fourth-order valence-electron chi connectivity index (χ4n) is 15.1. The summed E-state index contributed by atoms with van der Waals surface area (Å²) in [5.74, 6) is -0.727. The van der Waals surface area contributed by atoms with Crippen LogP contribution in [0.1, 0.15) is 87.4 Å². The molecule has 12 fully saturated rings. The van der Waals surface area contributed by atoms with Crippen molar-refractivity contribution in [2.24, 2.45) is 10.2 Å². The Bertz CT molecular complexity index is 3990. The number of benzene rings is 3. The number of hydrogen-bond donors (Lipinski definition) is 8. The van der Waals surface area contributed by atoms with Crippen LogP contribution in [0.4, 0.5) is 0 Å². The Hall–Kier alpha value is -8.58. The Balaban J connectivity index is 0.00000153. The SMILES string of the molecule is CC(=O)NC1[C@@H]2OCC(O2)[C@@H](O)[C@H]1OC(C)C.CCO[C@H]1C(N=[N+]=[N-])[C@@H]2OCC(O2)[C@H]1OCc1ccccc1.CCO[C@H]1C(NC(C)=O)[C@@H]2OCC(O2)[C@H]1O.CCO[C@H]1C(NC(C)=O)[C@@H]2OCC(O2)[C@H]1O.CCO[C@H]1C(NC(C)=O)[C@@H]2OCC(O2)[C@H]1OCc1ccccc1.O=C=O.O=C=O.O=C=O.O=C=O.O=C=O.[CH3-].[CH3-].[HH].[N-]=[N+]=NC1[C@@H]2OCC(O2)[C@@H](OCc2ccccc2)[C@H]1O.[Pd].[Pd]. The molecular weight excluding hydrogens is 1960 g/mol. The van der Waals surface area contributed by atoms with Gasteiger partial charge in [0.2, 0.25) is 23.6 Å². The van der Waals surface area contributed by atoms with E-state index in [9.17, 15) is 39.6 Å². The summed E-state index contributed by atoms with van der Waals surface area (Å²) < 4.78 is 112. The average Bonchev–Trinajstić information content (AvgIpc) is 1.63. The van der Waals surface area contributed by atoms with Crippen LogP contribution in [0, 0.1) is 14.9 Å². The van der Waals surface area contributed by atoms with Gasteiger partial charge in [-0.05, 0) is 69.3 Å². The van der Waals surface area contributed by atoms with Crippen molar-refractivity contribution < 1.29 is 225 Å². The predicted octanol–water partition coefficient (Wildman–Crippen LogP) is 0.663. The number of rotatable bonds is 25. The molecule has 0 saturated carbocycles. The van der Waals surface area contributed by atoms with Crippen LogP contribution in [0.2, 0.25) is 0 Å². The van der Waals surface area contributed by atoms with Crippen molar-refractivity contribution in [2.75, 3.05) is 66.1 Å². The fraction of sp³-hybridized carbons (Fsp3) is 0.651. The van der Waals surface area contributed by atoms with Crippen molar-refractivity contribution in [3.63, 3.8) is 0 Å². The molecule has 4 amide bonds. The number of azide groups is 2. The van der Waals surface area contributed by atoms with Crippen molar-refractivity contribution >= 4 is 54.4 Å². The second kappa shape index (κ2) is 66.8. The monoisotopic (exact) mass is 2070 g/mol. The van der Waals surface area contributed by atoms with Gasteiger partial charge in [0.1, 0.15) is 134 Å². The summed E-state index contributed by atoms with van der Waals surface area (Å²) in [6.45, 7) is 22.5. The minimum atomic E-state index is -0.930. The maximum absolute atomic E-state index is 11.5. The van der Waals surface area contributed by atoms with Gasteiger partial charge in [0.05, 0.1) is 77.8 Å². The van der Waals surface area contributed by atoms with Gasteiger partial charge in [-0.3, -0.25) is 19.2 Å². The molecule has 12 saturated heterocycles. The molecule has 0 aliphatic carbocycles. The molecule has 3 aromatic rings. The van der Waals surface area contributed by atoms with Crippen LogP contribution >= 0.6 is 0 Å². The number of amides is 4. The number of ether oxygens (including phenoxy) is 20. The van der Waals surface area contributed by atoms with E-state index in [0.29, 0.717) is 85.9 Å². The molecule has 0 spiro atoms. The maximum atomic E-state index is 11.5. The Kier molecular flexibility index (Phi) is 61.5. The largest absolute Gasteiger partial charge is 0.390 e.